The van der Waals surface area contributed by atoms with Gasteiger partial charge in [-0.15, -0.1) is 0 Å². The third kappa shape index (κ3) is 2.99. The van der Waals surface area contributed by atoms with Gasteiger partial charge in [-0.05, 0) is 31.2 Å². The number of hydrogen-bond acceptors (Lipinski definition) is 2. The van der Waals surface area contributed by atoms with Gasteiger partial charge in [-0.25, -0.2) is 13.2 Å². The largest absolute Gasteiger partial charge is 0.387 e. The minimum absolute atomic E-state index is 0.279. The van der Waals surface area contributed by atoms with E-state index in [9.17, 15) is 18.0 Å². The SMILES string of the molecule is CNc1ccc(C)cc1C(=O)Nc1ccc(F)c(F)c1F. The second-order valence-electron chi connectivity index (χ2n) is 4.48. The number of benzene rings is 2. The van der Waals surface area contributed by atoms with Gasteiger partial charge >= 0.3 is 0 Å². The number of rotatable bonds is 3. The van der Waals surface area contributed by atoms with Gasteiger partial charge in [-0.3, -0.25) is 4.79 Å². The van der Waals surface area contributed by atoms with Crippen molar-refractivity contribution in [1.29, 1.82) is 0 Å². The summed E-state index contributed by atoms with van der Waals surface area (Å²) < 4.78 is 39.5. The van der Waals surface area contributed by atoms with Crippen molar-refractivity contribution in [2.75, 3.05) is 17.7 Å². The van der Waals surface area contributed by atoms with E-state index in [1.807, 2.05) is 0 Å². The minimum Gasteiger partial charge on any atom is -0.387 e. The molecule has 1 amide bonds. The zero-order valence-corrected chi connectivity index (χ0v) is 11.4. The Morgan fingerprint density at radius 2 is 1.67 bits per heavy atom. The number of aryl methyl sites for hydroxylation is 1. The van der Waals surface area contributed by atoms with Crippen LogP contribution in [0.25, 0.3) is 0 Å². The van der Waals surface area contributed by atoms with Crippen LogP contribution in [-0.4, -0.2) is 13.0 Å². The van der Waals surface area contributed by atoms with Crippen LogP contribution in [-0.2, 0) is 0 Å². The van der Waals surface area contributed by atoms with Crippen LogP contribution < -0.4 is 10.6 Å². The van der Waals surface area contributed by atoms with Gasteiger partial charge < -0.3 is 10.6 Å². The van der Waals surface area contributed by atoms with Crippen LogP contribution in [0.15, 0.2) is 30.3 Å². The fraction of sp³-hybridized carbons (Fsp3) is 0.133. The Hall–Kier alpha value is -2.50. The highest BCUT2D eigenvalue weighted by Gasteiger charge is 2.17. The van der Waals surface area contributed by atoms with Crippen molar-refractivity contribution in [2.24, 2.45) is 0 Å². The molecule has 0 aromatic heterocycles. The second kappa shape index (κ2) is 5.87. The summed E-state index contributed by atoms with van der Waals surface area (Å²) in [5.74, 6) is -4.97. The van der Waals surface area contributed by atoms with Gasteiger partial charge in [0.2, 0.25) is 0 Å². The van der Waals surface area contributed by atoms with Crippen LogP contribution >= 0.6 is 0 Å². The van der Waals surface area contributed by atoms with E-state index in [0.29, 0.717) is 5.69 Å². The van der Waals surface area contributed by atoms with Crippen molar-refractivity contribution < 1.29 is 18.0 Å². The van der Waals surface area contributed by atoms with Crippen LogP contribution in [0.2, 0.25) is 0 Å². The van der Waals surface area contributed by atoms with Gasteiger partial charge in [0.1, 0.15) is 0 Å². The topological polar surface area (TPSA) is 41.1 Å². The molecular formula is C15H13F3N2O. The van der Waals surface area contributed by atoms with Crippen molar-refractivity contribution in [2.45, 2.75) is 6.92 Å². The Balaban J connectivity index is 2.35. The average Bonchev–Trinajstić information content (AvgIpc) is 2.47. The fourth-order valence-corrected chi connectivity index (χ4v) is 1.88. The van der Waals surface area contributed by atoms with E-state index in [2.05, 4.69) is 10.6 Å². The van der Waals surface area contributed by atoms with E-state index < -0.39 is 29.0 Å². The molecule has 0 atom stereocenters. The van der Waals surface area contributed by atoms with E-state index in [0.717, 1.165) is 17.7 Å². The summed E-state index contributed by atoms with van der Waals surface area (Å²) in [4.78, 5) is 12.2. The summed E-state index contributed by atoms with van der Waals surface area (Å²) in [6.45, 7) is 1.80. The fourth-order valence-electron chi connectivity index (χ4n) is 1.88. The van der Waals surface area contributed by atoms with Gasteiger partial charge in [0.15, 0.2) is 17.5 Å². The quantitative estimate of drug-likeness (QED) is 0.847. The molecule has 0 heterocycles. The lowest BCUT2D eigenvalue weighted by Crippen LogP contribution is -2.16. The molecule has 110 valence electrons. The monoisotopic (exact) mass is 294 g/mol. The van der Waals surface area contributed by atoms with Gasteiger partial charge in [0, 0.05) is 12.7 Å². The summed E-state index contributed by atoms with van der Waals surface area (Å²) in [6.07, 6.45) is 0. The van der Waals surface area contributed by atoms with Crippen LogP contribution in [0, 0.1) is 24.4 Å². The molecule has 2 aromatic rings. The summed E-state index contributed by atoms with van der Waals surface area (Å²) in [7, 11) is 1.64. The first-order valence-corrected chi connectivity index (χ1v) is 6.17. The van der Waals surface area contributed by atoms with E-state index in [1.54, 1.807) is 32.2 Å². The normalized spacial score (nSPS) is 10.3. The molecule has 0 fully saturated rings. The highest BCUT2D eigenvalue weighted by molar-refractivity contribution is 6.08. The van der Waals surface area contributed by atoms with Crippen molar-refractivity contribution in [3.05, 3.63) is 58.9 Å². The predicted molar refractivity (Wildman–Crippen MR) is 75.0 cm³/mol. The third-order valence-electron chi connectivity index (χ3n) is 2.97. The summed E-state index contributed by atoms with van der Waals surface area (Å²) in [5, 5.41) is 5.07. The molecular weight excluding hydrogens is 281 g/mol. The maximum atomic E-state index is 13.6. The molecule has 0 saturated carbocycles. The average molecular weight is 294 g/mol. The number of hydrogen-bond donors (Lipinski definition) is 2. The highest BCUT2D eigenvalue weighted by Crippen LogP contribution is 2.22. The van der Waals surface area contributed by atoms with Crippen LogP contribution in [0.4, 0.5) is 24.5 Å². The first-order valence-electron chi connectivity index (χ1n) is 6.17. The summed E-state index contributed by atoms with van der Waals surface area (Å²) in [5.41, 5.74) is 1.25. The van der Waals surface area contributed by atoms with E-state index in [-0.39, 0.29) is 5.56 Å². The molecule has 0 aliphatic rings. The Kier molecular flexibility index (Phi) is 4.16. The number of nitrogens with one attached hydrogen (secondary N) is 2. The van der Waals surface area contributed by atoms with Gasteiger partial charge in [0.25, 0.3) is 5.91 Å². The zero-order valence-electron chi connectivity index (χ0n) is 11.4. The lowest BCUT2D eigenvalue weighted by Gasteiger charge is -2.11. The molecule has 0 saturated heterocycles. The molecule has 0 unspecified atom stereocenters. The van der Waals surface area contributed by atoms with E-state index in [4.69, 9.17) is 0 Å². The molecule has 0 aliphatic carbocycles. The molecule has 3 nitrogen and oxygen atoms in total. The van der Waals surface area contributed by atoms with Crippen LogP contribution in [0.3, 0.4) is 0 Å². The Labute approximate surface area is 119 Å². The maximum Gasteiger partial charge on any atom is 0.257 e. The molecule has 0 bridgehead atoms. The van der Waals surface area contributed by atoms with Gasteiger partial charge in [-0.1, -0.05) is 11.6 Å². The minimum atomic E-state index is -1.62. The molecule has 0 spiro atoms. The van der Waals surface area contributed by atoms with E-state index in [1.165, 1.54) is 0 Å². The lowest BCUT2D eigenvalue weighted by atomic mass is 10.1. The Morgan fingerprint density at radius 3 is 2.33 bits per heavy atom. The van der Waals surface area contributed by atoms with Gasteiger partial charge in [0.05, 0.1) is 11.3 Å². The van der Waals surface area contributed by atoms with Crippen molar-refractivity contribution in [3.8, 4) is 0 Å². The molecule has 21 heavy (non-hydrogen) atoms. The molecule has 6 heteroatoms. The predicted octanol–water partition coefficient (Wildman–Crippen LogP) is 3.71. The summed E-state index contributed by atoms with van der Waals surface area (Å²) >= 11 is 0. The second-order valence-corrected chi connectivity index (χ2v) is 4.48. The molecule has 0 radical (unpaired) electrons. The number of anilines is 2. The van der Waals surface area contributed by atoms with Crippen LogP contribution in [0.5, 0.6) is 0 Å². The van der Waals surface area contributed by atoms with Crippen molar-refractivity contribution >= 4 is 17.3 Å². The van der Waals surface area contributed by atoms with Crippen LogP contribution in [0.1, 0.15) is 15.9 Å². The third-order valence-corrected chi connectivity index (χ3v) is 2.97. The van der Waals surface area contributed by atoms with Gasteiger partial charge in [-0.2, -0.15) is 0 Å². The molecule has 2 rings (SSSR count). The Morgan fingerprint density at radius 1 is 1.00 bits per heavy atom. The first-order chi connectivity index (χ1) is 9.93. The molecule has 2 aromatic carbocycles. The maximum absolute atomic E-state index is 13.6. The smallest absolute Gasteiger partial charge is 0.257 e. The van der Waals surface area contributed by atoms with Crippen molar-refractivity contribution in [1.82, 2.24) is 0 Å². The standard InChI is InChI=1S/C15H13F3N2O/c1-8-3-5-11(19-2)9(7-8)15(21)20-12-6-4-10(16)13(17)14(12)18/h3-7,19H,1-2H3,(H,20,21). The number of amides is 1. The number of halogens is 3. The molecule has 2 N–H and O–H groups in total. The molecule has 0 aliphatic heterocycles. The zero-order chi connectivity index (χ0) is 15.6. The Bertz CT molecular complexity index is 702. The number of carbonyl (C=O) groups is 1. The lowest BCUT2D eigenvalue weighted by molar-refractivity contribution is 0.102. The van der Waals surface area contributed by atoms with Crippen molar-refractivity contribution in [3.63, 3.8) is 0 Å². The highest BCUT2D eigenvalue weighted by atomic mass is 19.2. The van der Waals surface area contributed by atoms with E-state index >= 15 is 0 Å². The first kappa shape index (κ1) is 14.9. The number of carbonyl (C=O) groups excluding carboxylic acids is 1. The summed E-state index contributed by atoms with van der Waals surface area (Å²) in [6, 6.07) is 6.84.